The topological polar surface area (TPSA) is 82.2 Å². The first kappa shape index (κ1) is 14.7. The minimum Gasteiger partial charge on any atom is -0.406 e. The van der Waals surface area contributed by atoms with Gasteiger partial charge in [0, 0.05) is 6.07 Å². The number of anilines is 1. The fourth-order valence-corrected chi connectivity index (χ4v) is 1.66. The number of carbonyl (C=O) groups is 1. The molecule has 1 aromatic heterocycles. The van der Waals surface area contributed by atoms with Crippen molar-refractivity contribution in [1.82, 2.24) is 9.78 Å². The summed E-state index contributed by atoms with van der Waals surface area (Å²) in [6.07, 6.45) is -3.26. The third-order valence-electron chi connectivity index (χ3n) is 2.46. The lowest BCUT2D eigenvalue weighted by atomic mass is 10.2. The number of nitrogens with two attached hydrogens (primary N) is 1. The van der Waals surface area contributed by atoms with Gasteiger partial charge in [0.1, 0.15) is 11.6 Å². The van der Waals surface area contributed by atoms with E-state index in [1.165, 1.54) is 35.1 Å². The molecule has 0 unspecified atom stereocenters. The molecule has 2 rings (SSSR count). The number of carbonyl (C=O) groups excluding carboxylic acids is 1. The summed E-state index contributed by atoms with van der Waals surface area (Å²) >= 11 is 0. The largest absolute Gasteiger partial charge is 0.573 e. The van der Waals surface area contributed by atoms with Gasteiger partial charge in [0.25, 0.3) is 0 Å². The van der Waals surface area contributed by atoms with Crippen LogP contribution < -0.4 is 15.8 Å². The van der Waals surface area contributed by atoms with Gasteiger partial charge in [0.05, 0.1) is 12.7 Å². The molecule has 0 radical (unpaired) electrons. The van der Waals surface area contributed by atoms with Crippen LogP contribution in [-0.2, 0) is 6.54 Å². The molecule has 0 spiro atoms. The standard InChI is InChI=1S/C12H11F3N4O2/c13-12(14,15)21-9-3-1-8(2-4-9)7-19-10(5-6-17-19)18-11(16)20/h1-6H,7H2,(H3,16,18,20). The highest BCUT2D eigenvalue weighted by Gasteiger charge is 2.30. The van der Waals surface area contributed by atoms with Gasteiger partial charge < -0.3 is 10.5 Å². The Morgan fingerprint density at radius 2 is 1.95 bits per heavy atom. The van der Waals surface area contributed by atoms with Crippen molar-refractivity contribution in [2.75, 3.05) is 5.32 Å². The molecule has 0 saturated heterocycles. The molecule has 1 aromatic carbocycles. The summed E-state index contributed by atoms with van der Waals surface area (Å²) in [7, 11) is 0. The van der Waals surface area contributed by atoms with Crippen LogP contribution in [0.5, 0.6) is 5.75 Å². The van der Waals surface area contributed by atoms with Gasteiger partial charge in [-0.2, -0.15) is 5.10 Å². The van der Waals surface area contributed by atoms with E-state index < -0.39 is 12.4 Å². The van der Waals surface area contributed by atoms with Crippen LogP contribution in [0.2, 0.25) is 0 Å². The molecule has 0 saturated carbocycles. The number of halogens is 3. The number of nitrogens with zero attached hydrogens (tertiary/aromatic N) is 2. The highest BCUT2D eigenvalue weighted by Crippen LogP contribution is 2.23. The fourth-order valence-electron chi connectivity index (χ4n) is 1.66. The van der Waals surface area contributed by atoms with E-state index in [0.717, 1.165) is 0 Å². The van der Waals surface area contributed by atoms with Gasteiger partial charge in [-0.3, -0.25) is 5.32 Å². The molecule has 0 aliphatic carbocycles. The highest BCUT2D eigenvalue weighted by atomic mass is 19.4. The monoisotopic (exact) mass is 300 g/mol. The third-order valence-corrected chi connectivity index (χ3v) is 2.46. The molecule has 6 nitrogen and oxygen atoms in total. The van der Waals surface area contributed by atoms with E-state index in [1.54, 1.807) is 6.07 Å². The molecule has 2 amide bonds. The van der Waals surface area contributed by atoms with E-state index in [-0.39, 0.29) is 12.3 Å². The molecule has 0 fully saturated rings. The molecule has 112 valence electrons. The van der Waals surface area contributed by atoms with E-state index in [2.05, 4.69) is 15.2 Å². The van der Waals surface area contributed by atoms with Gasteiger partial charge in [0.2, 0.25) is 0 Å². The van der Waals surface area contributed by atoms with Crippen LogP contribution in [0.3, 0.4) is 0 Å². The predicted molar refractivity (Wildman–Crippen MR) is 67.7 cm³/mol. The highest BCUT2D eigenvalue weighted by molar-refractivity contribution is 5.86. The lowest BCUT2D eigenvalue weighted by Gasteiger charge is -2.10. The number of primary amides is 1. The van der Waals surface area contributed by atoms with Gasteiger partial charge in [-0.15, -0.1) is 13.2 Å². The van der Waals surface area contributed by atoms with Crippen molar-refractivity contribution in [3.8, 4) is 5.75 Å². The lowest BCUT2D eigenvalue weighted by molar-refractivity contribution is -0.274. The number of amides is 2. The van der Waals surface area contributed by atoms with Crippen LogP contribution in [0.1, 0.15) is 5.56 Å². The molecular formula is C12H11F3N4O2. The first-order valence-corrected chi connectivity index (χ1v) is 5.76. The van der Waals surface area contributed by atoms with Crippen molar-refractivity contribution in [2.45, 2.75) is 12.9 Å². The Labute approximate surface area is 117 Å². The average Bonchev–Trinajstić information content (AvgIpc) is 2.76. The van der Waals surface area contributed by atoms with Gasteiger partial charge in [-0.25, -0.2) is 9.48 Å². The molecule has 9 heteroatoms. The maximum Gasteiger partial charge on any atom is 0.573 e. The molecule has 1 heterocycles. The number of rotatable bonds is 4. The average molecular weight is 300 g/mol. The smallest absolute Gasteiger partial charge is 0.406 e. The number of hydrogen-bond acceptors (Lipinski definition) is 3. The van der Waals surface area contributed by atoms with Crippen molar-refractivity contribution in [3.05, 3.63) is 42.1 Å². The van der Waals surface area contributed by atoms with Gasteiger partial charge in [-0.1, -0.05) is 12.1 Å². The maximum atomic E-state index is 12.0. The number of benzene rings is 1. The van der Waals surface area contributed by atoms with Crippen molar-refractivity contribution < 1.29 is 22.7 Å². The first-order chi connectivity index (χ1) is 9.83. The number of alkyl halides is 3. The minimum absolute atomic E-state index is 0.259. The molecule has 2 aromatic rings. The Balaban J connectivity index is 2.07. The fraction of sp³-hybridized carbons (Fsp3) is 0.167. The molecule has 0 atom stereocenters. The van der Waals surface area contributed by atoms with Crippen LogP contribution in [0.4, 0.5) is 23.8 Å². The van der Waals surface area contributed by atoms with E-state index in [1.807, 2.05) is 0 Å². The van der Waals surface area contributed by atoms with Crippen LogP contribution in [0, 0.1) is 0 Å². The number of hydrogen-bond donors (Lipinski definition) is 2. The molecule has 0 aliphatic heterocycles. The SMILES string of the molecule is NC(=O)Nc1ccnn1Cc1ccc(OC(F)(F)F)cc1. The molecular weight excluding hydrogens is 289 g/mol. The molecule has 21 heavy (non-hydrogen) atoms. The van der Waals surface area contributed by atoms with Gasteiger partial charge in [-0.05, 0) is 17.7 Å². The van der Waals surface area contributed by atoms with E-state index in [4.69, 9.17) is 5.73 Å². The Morgan fingerprint density at radius 1 is 1.29 bits per heavy atom. The van der Waals surface area contributed by atoms with Crippen LogP contribution in [0.25, 0.3) is 0 Å². The molecule has 3 N–H and O–H groups in total. The van der Waals surface area contributed by atoms with Gasteiger partial charge >= 0.3 is 12.4 Å². The van der Waals surface area contributed by atoms with E-state index in [9.17, 15) is 18.0 Å². The summed E-state index contributed by atoms with van der Waals surface area (Å²) in [5.74, 6) is 0.0836. The number of urea groups is 1. The Kier molecular flexibility index (Phi) is 4.01. The van der Waals surface area contributed by atoms with Crippen LogP contribution in [0.15, 0.2) is 36.5 Å². The molecule has 0 aliphatic rings. The second kappa shape index (κ2) is 5.73. The quantitative estimate of drug-likeness (QED) is 0.909. The van der Waals surface area contributed by atoms with Crippen molar-refractivity contribution >= 4 is 11.8 Å². The molecule has 0 bridgehead atoms. The van der Waals surface area contributed by atoms with Crippen LogP contribution in [-0.4, -0.2) is 22.2 Å². The number of aromatic nitrogens is 2. The summed E-state index contributed by atoms with van der Waals surface area (Å²) < 4.78 is 41.3. The second-order valence-electron chi connectivity index (χ2n) is 4.06. The van der Waals surface area contributed by atoms with Gasteiger partial charge in [0.15, 0.2) is 0 Å². The number of nitrogens with one attached hydrogen (secondary N) is 1. The first-order valence-electron chi connectivity index (χ1n) is 5.76. The van der Waals surface area contributed by atoms with Crippen molar-refractivity contribution in [3.63, 3.8) is 0 Å². The maximum absolute atomic E-state index is 12.0. The lowest BCUT2D eigenvalue weighted by Crippen LogP contribution is -2.21. The van der Waals surface area contributed by atoms with Crippen molar-refractivity contribution in [2.24, 2.45) is 5.73 Å². The third kappa shape index (κ3) is 4.41. The van der Waals surface area contributed by atoms with E-state index >= 15 is 0 Å². The zero-order chi connectivity index (χ0) is 15.5. The summed E-state index contributed by atoms with van der Waals surface area (Å²) in [6, 6.07) is 6.16. The Bertz CT molecular complexity index is 622. The van der Waals surface area contributed by atoms with Crippen molar-refractivity contribution in [1.29, 1.82) is 0 Å². The summed E-state index contributed by atoms with van der Waals surface area (Å²) in [5.41, 5.74) is 5.69. The summed E-state index contributed by atoms with van der Waals surface area (Å²) in [6.45, 7) is 0.259. The Hall–Kier alpha value is -2.71. The predicted octanol–water partition coefficient (Wildman–Crippen LogP) is 2.32. The normalized spacial score (nSPS) is 11.2. The van der Waals surface area contributed by atoms with Crippen LogP contribution >= 0.6 is 0 Å². The summed E-state index contributed by atoms with van der Waals surface area (Å²) in [4.78, 5) is 10.8. The minimum atomic E-state index is -4.72. The Morgan fingerprint density at radius 3 is 2.52 bits per heavy atom. The number of ether oxygens (including phenoxy) is 1. The zero-order valence-corrected chi connectivity index (χ0v) is 10.6. The van der Waals surface area contributed by atoms with E-state index in [0.29, 0.717) is 11.4 Å². The summed E-state index contributed by atoms with van der Waals surface area (Å²) in [5, 5.41) is 6.36. The second-order valence-corrected chi connectivity index (χ2v) is 4.06. The zero-order valence-electron chi connectivity index (χ0n) is 10.6.